The maximum Gasteiger partial charge on any atom is 0.248 e. The van der Waals surface area contributed by atoms with Crippen molar-refractivity contribution in [3.8, 4) is 0 Å². The van der Waals surface area contributed by atoms with Crippen LogP contribution >= 0.6 is 0 Å². The van der Waals surface area contributed by atoms with E-state index in [1.807, 2.05) is 42.5 Å². The second-order valence-corrected chi connectivity index (χ2v) is 4.41. The first-order valence-electron chi connectivity index (χ1n) is 6.13. The van der Waals surface area contributed by atoms with Crippen LogP contribution in [0.25, 0.3) is 33.2 Å². The van der Waals surface area contributed by atoms with Crippen LogP contribution in [0.2, 0.25) is 0 Å². The van der Waals surface area contributed by atoms with Gasteiger partial charge in [0.2, 0.25) is 5.71 Å². The van der Waals surface area contributed by atoms with E-state index in [0.717, 1.165) is 11.0 Å². The summed E-state index contributed by atoms with van der Waals surface area (Å²) in [5.41, 5.74) is 2.88. The summed E-state index contributed by atoms with van der Waals surface area (Å²) in [6.07, 6.45) is 0. The molecule has 4 aromatic rings. The molecule has 96 valence electrons. The first-order chi connectivity index (χ1) is 9.86. The van der Waals surface area contributed by atoms with Crippen molar-refractivity contribution in [2.75, 3.05) is 0 Å². The third-order valence-electron chi connectivity index (χ3n) is 3.21. The van der Waals surface area contributed by atoms with E-state index in [0.29, 0.717) is 27.6 Å². The topological polar surface area (TPSA) is 71.5 Å². The maximum atomic E-state index is 9.32. The van der Waals surface area contributed by atoms with Gasteiger partial charge in [0.25, 0.3) is 0 Å². The highest BCUT2D eigenvalue weighted by Crippen LogP contribution is 2.18. The Hall–Kier alpha value is -2.95. The van der Waals surface area contributed by atoms with Crippen LogP contribution in [-0.4, -0.2) is 15.2 Å². The third kappa shape index (κ3) is 1.46. The van der Waals surface area contributed by atoms with Crippen LogP contribution in [0.15, 0.2) is 58.1 Å². The van der Waals surface area contributed by atoms with Gasteiger partial charge >= 0.3 is 0 Å². The van der Waals surface area contributed by atoms with Crippen LogP contribution in [-0.2, 0) is 0 Å². The van der Waals surface area contributed by atoms with Crippen LogP contribution in [0.4, 0.5) is 0 Å². The lowest BCUT2D eigenvalue weighted by atomic mass is 10.2. The van der Waals surface area contributed by atoms with Crippen molar-refractivity contribution in [1.82, 2.24) is 9.97 Å². The molecule has 0 bridgehead atoms. The van der Waals surface area contributed by atoms with E-state index in [1.165, 1.54) is 0 Å². The van der Waals surface area contributed by atoms with Gasteiger partial charge in [0.1, 0.15) is 10.9 Å². The zero-order valence-electron chi connectivity index (χ0n) is 10.3. The lowest BCUT2D eigenvalue weighted by Crippen LogP contribution is -2.07. The first kappa shape index (κ1) is 10.9. The fraction of sp³-hybridized carbons (Fsp3) is 0. The Bertz CT molecular complexity index is 1020. The standard InChI is InChI=1S/C15H9N3O2/c19-18-13-9-5-1-4-8-12(9)20-15-14(13)16-10-6-2-3-7-11(10)17-15/h1-8,19H/b18-13+. The van der Waals surface area contributed by atoms with Crippen molar-refractivity contribution in [3.63, 3.8) is 0 Å². The van der Waals surface area contributed by atoms with Crippen molar-refractivity contribution in [3.05, 3.63) is 53.9 Å². The number of rotatable bonds is 0. The lowest BCUT2D eigenvalue weighted by Gasteiger charge is -2.03. The Labute approximate surface area is 112 Å². The highest BCUT2D eigenvalue weighted by atomic mass is 16.4. The fourth-order valence-electron chi connectivity index (χ4n) is 2.29. The number of para-hydroxylation sites is 3. The number of hydrogen-bond donors (Lipinski definition) is 1. The summed E-state index contributed by atoms with van der Waals surface area (Å²) < 4.78 is 5.75. The Balaban J connectivity index is 2.32. The van der Waals surface area contributed by atoms with Gasteiger partial charge in [-0.25, -0.2) is 9.97 Å². The van der Waals surface area contributed by atoms with Crippen molar-refractivity contribution in [2.45, 2.75) is 0 Å². The van der Waals surface area contributed by atoms with E-state index < -0.39 is 0 Å². The third-order valence-corrected chi connectivity index (χ3v) is 3.21. The van der Waals surface area contributed by atoms with E-state index in [9.17, 15) is 5.21 Å². The summed E-state index contributed by atoms with van der Waals surface area (Å²) in [6.45, 7) is 0. The largest absolute Gasteiger partial charge is 0.436 e. The fourth-order valence-corrected chi connectivity index (χ4v) is 2.29. The number of hydrogen-bond acceptors (Lipinski definition) is 5. The van der Waals surface area contributed by atoms with E-state index in [-0.39, 0.29) is 0 Å². The van der Waals surface area contributed by atoms with Gasteiger partial charge in [-0.05, 0) is 24.3 Å². The Kier molecular flexibility index (Phi) is 2.20. The molecule has 4 rings (SSSR count). The molecule has 0 unspecified atom stereocenters. The quantitative estimate of drug-likeness (QED) is 0.301. The van der Waals surface area contributed by atoms with E-state index in [4.69, 9.17) is 4.42 Å². The lowest BCUT2D eigenvalue weighted by molar-refractivity contribution is 0.303. The molecule has 2 aromatic heterocycles. The van der Waals surface area contributed by atoms with Gasteiger partial charge in [-0.1, -0.05) is 29.4 Å². The molecule has 0 fully saturated rings. The second kappa shape index (κ2) is 4.03. The van der Waals surface area contributed by atoms with Crippen LogP contribution in [0, 0.1) is 0 Å². The van der Waals surface area contributed by atoms with E-state index in [2.05, 4.69) is 15.1 Å². The molecule has 1 N–H and O–H groups in total. The minimum atomic E-state index is 0.357. The summed E-state index contributed by atoms with van der Waals surface area (Å²) in [7, 11) is 0. The molecule has 5 nitrogen and oxygen atoms in total. The van der Waals surface area contributed by atoms with Gasteiger partial charge in [0, 0.05) is 5.39 Å². The van der Waals surface area contributed by atoms with Gasteiger partial charge in [0.05, 0.1) is 11.0 Å². The molecule has 0 radical (unpaired) electrons. The highest BCUT2D eigenvalue weighted by molar-refractivity contribution is 5.89. The van der Waals surface area contributed by atoms with E-state index >= 15 is 0 Å². The molecule has 2 aromatic carbocycles. The van der Waals surface area contributed by atoms with Crippen LogP contribution in [0.3, 0.4) is 0 Å². The first-order valence-corrected chi connectivity index (χ1v) is 6.13. The molecule has 0 saturated heterocycles. The van der Waals surface area contributed by atoms with Crippen molar-refractivity contribution in [2.24, 2.45) is 5.16 Å². The maximum absolute atomic E-state index is 9.32. The summed E-state index contributed by atoms with van der Waals surface area (Å²) in [6, 6.07) is 14.8. The van der Waals surface area contributed by atoms with Crippen LogP contribution in [0.1, 0.15) is 0 Å². The summed E-state index contributed by atoms with van der Waals surface area (Å²) in [4.78, 5) is 8.92. The predicted octanol–water partition coefficient (Wildman–Crippen LogP) is 2.82. The minimum Gasteiger partial charge on any atom is -0.436 e. The Morgan fingerprint density at radius 1 is 0.900 bits per heavy atom. The molecule has 0 amide bonds. The van der Waals surface area contributed by atoms with Gasteiger partial charge in [0.15, 0.2) is 5.52 Å². The molecule has 0 saturated carbocycles. The van der Waals surface area contributed by atoms with Gasteiger partial charge in [-0.3, -0.25) is 0 Å². The predicted molar refractivity (Wildman–Crippen MR) is 74.2 cm³/mol. The summed E-state index contributed by atoms with van der Waals surface area (Å²) in [5, 5.41) is 13.8. The van der Waals surface area contributed by atoms with Crippen LogP contribution in [0.5, 0.6) is 0 Å². The normalized spacial score (nSPS) is 12.5. The average molecular weight is 263 g/mol. The molecule has 5 heteroatoms. The molecule has 0 spiro atoms. The van der Waals surface area contributed by atoms with Crippen LogP contribution < -0.4 is 5.36 Å². The average Bonchev–Trinajstić information content (AvgIpc) is 2.50. The summed E-state index contributed by atoms with van der Waals surface area (Å²) >= 11 is 0. The highest BCUT2D eigenvalue weighted by Gasteiger charge is 2.10. The number of benzene rings is 2. The number of fused-ring (bicyclic) bond motifs is 3. The summed E-state index contributed by atoms with van der Waals surface area (Å²) in [5.74, 6) is 0. The zero-order valence-corrected chi connectivity index (χ0v) is 10.3. The van der Waals surface area contributed by atoms with Gasteiger partial charge in [-0.2, -0.15) is 0 Å². The molecule has 0 atom stereocenters. The Morgan fingerprint density at radius 3 is 2.40 bits per heavy atom. The second-order valence-electron chi connectivity index (χ2n) is 4.41. The zero-order chi connectivity index (χ0) is 13.5. The van der Waals surface area contributed by atoms with Crippen molar-refractivity contribution in [1.29, 1.82) is 0 Å². The molecule has 2 heterocycles. The van der Waals surface area contributed by atoms with Gasteiger partial charge in [-0.15, -0.1) is 0 Å². The minimum absolute atomic E-state index is 0.357. The van der Waals surface area contributed by atoms with Gasteiger partial charge < -0.3 is 9.62 Å². The molecular formula is C15H9N3O2. The number of aromatic nitrogens is 2. The number of nitrogens with zero attached hydrogens (tertiary/aromatic N) is 3. The Morgan fingerprint density at radius 2 is 1.60 bits per heavy atom. The smallest absolute Gasteiger partial charge is 0.248 e. The molecule has 0 aliphatic carbocycles. The van der Waals surface area contributed by atoms with Crippen molar-refractivity contribution < 1.29 is 9.62 Å². The molecule has 0 aliphatic rings. The van der Waals surface area contributed by atoms with E-state index in [1.54, 1.807) is 6.07 Å². The SMILES string of the molecule is O/N=c1\c2ccccc2oc2nc3ccccc3nc12. The molecular weight excluding hydrogens is 254 g/mol. The molecule has 20 heavy (non-hydrogen) atoms. The van der Waals surface area contributed by atoms with Crippen molar-refractivity contribution >= 4 is 33.2 Å². The monoisotopic (exact) mass is 263 g/mol. The molecule has 0 aliphatic heterocycles.